The van der Waals surface area contributed by atoms with Crippen LogP contribution in [0.1, 0.15) is 86.4 Å². The Morgan fingerprint density at radius 3 is 2.33 bits per heavy atom. The molecule has 15 nitrogen and oxygen atoms in total. The molecule has 2 aromatic rings. The zero-order valence-electron chi connectivity index (χ0n) is 32.1. The predicted octanol–water partition coefficient (Wildman–Crippen LogP) is 3.19. The number of hydrogen-bond donors (Lipinski definition) is 2. The molecule has 0 unspecified atom stereocenters. The Labute approximate surface area is 322 Å². The number of carbonyl (C=O) groups is 5. The summed E-state index contributed by atoms with van der Waals surface area (Å²) in [6, 6.07) is -2.52. The SMILES string of the molecule is COC(=O)[C@@H](C)C[C@H](Cc1ncc(C(F)(F)F)cn1)NC(=O)c1csc([C@@H](C[C@H](C(C)C)N(C)C(=O)[C@@H](NC(=O)[C@H]2COCCN2C)C2CC2)OC(C)=O)n1. The molecule has 2 fully saturated rings. The third-order valence-electron chi connectivity index (χ3n) is 9.80. The molecule has 3 heterocycles. The van der Waals surface area contributed by atoms with Crippen LogP contribution in [0.2, 0.25) is 0 Å². The maximum absolute atomic E-state index is 14.0. The van der Waals surface area contributed by atoms with Gasteiger partial charge in [-0.15, -0.1) is 11.3 Å². The second kappa shape index (κ2) is 19.1. The number of hydrogen-bond acceptors (Lipinski definition) is 13. The average molecular weight is 798 g/mol. The van der Waals surface area contributed by atoms with Crippen LogP contribution >= 0.6 is 11.3 Å². The molecule has 19 heteroatoms. The number of alkyl halides is 3. The number of carbonyl (C=O) groups excluding carboxylic acids is 5. The van der Waals surface area contributed by atoms with Crippen molar-refractivity contribution < 1.29 is 51.4 Å². The van der Waals surface area contributed by atoms with Gasteiger partial charge in [-0.3, -0.25) is 28.9 Å². The minimum absolute atomic E-state index is 0.00364. The van der Waals surface area contributed by atoms with Gasteiger partial charge < -0.3 is 29.7 Å². The third-order valence-corrected chi connectivity index (χ3v) is 10.7. The van der Waals surface area contributed by atoms with E-state index in [0.29, 0.717) is 30.6 Å². The van der Waals surface area contributed by atoms with E-state index in [-0.39, 0.29) is 61.0 Å². The third kappa shape index (κ3) is 12.1. The topological polar surface area (TPSA) is 182 Å². The second-order valence-corrected chi connectivity index (χ2v) is 15.4. The van der Waals surface area contributed by atoms with Crippen molar-refractivity contribution in [1.29, 1.82) is 0 Å². The summed E-state index contributed by atoms with van der Waals surface area (Å²) in [5.41, 5.74) is -1.06. The summed E-state index contributed by atoms with van der Waals surface area (Å²) in [4.78, 5) is 80.9. The lowest BCUT2D eigenvalue weighted by molar-refractivity contribution is -0.149. The number of nitrogens with zero attached hydrogens (tertiary/aromatic N) is 5. The number of aromatic nitrogens is 3. The maximum atomic E-state index is 14.0. The second-order valence-electron chi connectivity index (χ2n) is 14.5. The molecule has 55 heavy (non-hydrogen) atoms. The van der Waals surface area contributed by atoms with E-state index in [2.05, 4.69) is 25.6 Å². The lowest BCUT2D eigenvalue weighted by Gasteiger charge is -2.37. The first-order valence-corrected chi connectivity index (χ1v) is 19.0. The number of likely N-dealkylation sites (N-methyl/N-ethyl adjacent to an activating group) is 2. The van der Waals surface area contributed by atoms with Gasteiger partial charge in [0.2, 0.25) is 11.8 Å². The van der Waals surface area contributed by atoms with E-state index in [1.165, 1.54) is 19.4 Å². The van der Waals surface area contributed by atoms with Gasteiger partial charge in [-0.05, 0) is 38.1 Å². The standard InChI is InChI=1S/C36H50F3N7O8S/c1-19(2)26(46(6)34(50)30(22-8-9-22)44-32(49)27-17-53-11-10-45(27)5)14-28(54-21(4)47)33-43-25(18-55-33)31(48)42-24(12-20(3)35(51)52-7)13-29-40-15-23(16-41-29)36(37,38)39/h15-16,18-20,22,24,26-28,30H,8-14,17H2,1-7H3,(H,42,48)(H,44,49)/t20-,24+,26+,27+,28+,30-/m0/s1. The molecule has 4 rings (SSSR count). The molecule has 1 aliphatic carbocycles. The highest BCUT2D eigenvalue weighted by Gasteiger charge is 2.43. The number of thiazole rings is 1. The van der Waals surface area contributed by atoms with Gasteiger partial charge in [0.25, 0.3) is 5.91 Å². The smallest absolute Gasteiger partial charge is 0.419 e. The van der Waals surface area contributed by atoms with Crippen LogP contribution in [-0.4, -0.2) is 120 Å². The van der Waals surface area contributed by atoms with Crippen molar-refractivity contribution in [3.63, 3.8) is 0 Å². The Morgan fingerprint density at radius 1 is 1.09 bits per heavy atom. The van der Waals surface area contributed by atoms with Crippen molar-refractivity contribution in [3.8, 4) is 0 Å². The maximum Gasteiger partial charge on any atom is 0.419 e. The van der Waals surface area contributed by atoms with Crippen LogP contribution in [-0.2, 0) is 46.0 Å². The van der Waals surface area contributed by atoms with Crippen molar-refractivity contribution in [2.45, 2.75) is 96.2 Å². The van der Waals surface area contributed by atoms with E-state index in [1.54, 1.807) is 18.9 Å². The highest BCUT2D eigenvalue weighted by atomic mass is 32.1. The zero-order valence-corrected chi connectivity index (χ0v) is 32.9. The van der Waals surface area contributed by atoms with Gasteiger partial charge in [-0.2, -0.15) is 13.2 Å². The minimum Gasteiger partial charge on any atom is -0.469 e. The largest absolute Gasteiger partial charge is 0.469 e. The molecule has 0 aromatic carbocycles. The number of halogens is 3. The van der Waals surface area contributed by atoms with Crippen molar-refractivity contribution in [2.75, 3.05) is 41.0 Å². The first-order chi connectivity index (χ1) is 25.9. The summed E-state index contributed by atoms with van der Waals surface area (Å²) < 4.78 is 55.2. The lowest BCUT2D eigenvalue weighted by Crippen LogP contribution is -2.58. The van der Waals surface area contributed by atoms with E-state index in [4.69, 9.17) is 14.2 Å². The molecule has 2 aromatic heterocycles. The monoisotopic (exact) mass is 797 g/mol. The van der Waals surface area contributed by atoms with E-state index >= 15 is 0 Å². The summed E-state index contributed by atoms with van der Waals surface area (Å²) in [5, 5.41) is 7.53. The van der Waals surface area contributed by atoms with Gasteiger partial charge in [0.15, 0.2) is 6.10 Å². The van der Waals surface area contributed by atoms with E-state index in [1.807, 2.05) is 25.8 Å². The summed E-state index contributed by atoms with van der Waals surface area (Å²) in [7, 11) is 4.72. The molecule has 6 atom stereocenters. The first kappa shape index (κ1) is 43.5. The Kier molecular flexibility index (Phi) is 15.1. The normalized spacial score (nSPS) is 19.1. The van der Waals surface area contributed by atoms with Gasteiger partial charge in [0.1, 0.15) is 28.6 Å². The Morgan fingerprint density at radius 2 is 1.76 bits per heavy atom. The summed E-state index contributed by atoms with van der Waals surface area (Å²) >= 11 is 1.07. The molecule has 1 aliphatic heterocycles. The van der Waals surface area contributed by atoms with Crippen LogP contribution in [0.15, 0.2) is 17.8 Å². The molecular formula is C36H50F3N7O8S. The number of amides is 3. The zero-order chi connectivity index (χ0) is 40.6. The molecular weight excluding hydrogens is 747 g/mol. The van der Waals surface area contributed by atoms with Crippen LogP contribution in [0.3, 0.4) is 0 Å². The fourth-order valence-corrected chi connectivity index (χ4v) is 7.28. The average Bonchev–Trinajstić information content (AvgIpc) is 3.85. The molecule has 1 saturated carbocycles. The fraction of sp³-hybridized carbons (Fsp3) is 0.667. The molecule has 2 N–H and O–H groups in total. The van der Waals surface area contributed by atoms with Gasteiger partial charge in [0.05, 0.1) is 31.8 Å². The van der Waals surface area contributed by atoms with E-state index < -0.39 is 65.8 Å². The molecule has 0 bridgehead atoms. The Bertz CT molecular complexity index is 1660. The Balaban J connectivity index is 1.50. The van der Waals surface area contributed by atoms with E-state index in [9.17, 15) is 37.1 Å². The van der Waals surface area contributed by atoms with Crippen molar-refractivity contribution in [1.82, 2.24) is 35.4 Å². The van der Waals surface area contributed by atoms with Crippen LogP contribution in [0.4, 0.5) is 13.2 Å². The van der Waals surface area contributed by atoms with Gasteiger partial charge in [-0.25, -0.2) is 15.0 Å². The molecule has 0 spiro atoms. The van der Waals surface area contributed by atoms with Crippen LogP contribution in [0, 0.1) is 17.8 Å². The van der Waals surface area contributed by atoms with Crippen molar-refractivity contribution in [3.05, 3.63) is 39.9 Å². The number of nitrogens with one attached hydrogen (secondary N) is 2. The van der Waals surface area contributed by atoms with Gasteiger partial charge >= 0.3 is 18.1 Å². The quantitative estimate of drug-likeness (QED) is 0.224. The Hall–Kier alpha value is -4.23. The molecule has 3 amide bonds. The fourth-order valence-electron chi connectivity index (χ4n) is 6.45. The lowest BCUT2D eigenvalue weighted by atomic mass is 9.95. The van der Waals surface area contributed by atoms with E-state index in [0.717, 1.165) is 24.2 Å². The highest BCUT2D eigenvalue weighted by Crippen LogP contribution is 2.36. The van der Waals surface area contributed by atoms with Crippen LogP contribution in [0.25, 0.3) is 0 Å². The van der Waals surface area contributed by atoms with Crippen LogP contribution in [0.5, 0.6) is 0 Å². The highest BCUT2D eigenvalue weighted by molar-refractivity contribution is 7.09. The number of ether oxygens (including phenoxy) is 3. The summed E-state index contributed by atoms with van der Waals surface area (Å²) in [5.74, 6) is -3.13. The minimum atomic E-state index is -4.63. The molecule has 2 aliphatic rings. The first-order valence-electron chi connectivity index (χ1n) is 18.1. The van der Waals surface area contributed by atoms with Gasteiger partial charge in [-0.1, -0.05) is 20.8 Å². The van der Waals surface area contributed by atoms with Crippen LogP contribution < -0.4 is 10.6 Å². The molecule has 304 valence electrons. The van der Waals surface area contributed by atoms with Crippen molar-refractivity contribution in [2.24, 2.45) is 17.8 Å². The van der Waals surface area contributed by atoms with Gasteiger partial charge in [0, 0.05) is 63.2 Å². The number of methoxy groups -OCH3 is 1. The molecule has 0 radical (unpaired) electrons. The summed E-state index contributed by atoms with van der Waals surface area (Å²) in [6.45, 7) is 8.04. The number of rotatable bonds is 17. The number of esters is 2. The number of morpholine rings is 1. The summed E-state index contributed by atoms with van der Waals surface area (Å²) in [6.07, 6.45) is -2.57. The predicted molar refractivity (Wildman–Crippen MR) is 192 cm³/mol. The molecule has 1 saturated heterocycles. The van der Waals surface area contributed by atoms with Crippen molar-refractivity contribution >= 4 is 41.0 Å².